The van der Waals surface area contributed by atoms with E-state index in [-0.39, 0.29) is 17.5 Å². The van der Waals surface area contributed by atoms with Crippen molar-refractivity contribution in [2.45, 2.75) is 50.5 Å². The average Bonchev–Trinajstić information content (AvgIpc) is 2.87. The normalized spacial score (nSPS) is 27.5. The molecule has 1 atom stereocenters. The molecule has 0 spiro atoms. The van der Waals surface area contributed by atoms with Crippen LogP contribution in [0.1, 0.15) is 49.7 Å². The van der Waals surface area contributed by atoms with E-state index in [1.807, 2.05) is 0 Å². The van der Waals surface area contributed by atoms with Crippen molar-refractivity contribution in [3.63, 3.8) is 0 Å². The van der Waals surface area contributed by atoms with Gasteiger partial charge in [-0.05, 0) is 12.8 Å². The van der Waals surface area contributed by atoms with Crippen molar-refractivity contribution in [1.29, 1.82) is 0 Å². The second-order valence-corrected chi connectivity index (χ2v) is 8.17. The van der Waals surface area contributed by atoms with Gasteiger partial charge in [-0.2, -0.15) is 5.10 Å². The van der Waals surface area contributed by atoms with Gasteiger partial charge in [0.1, 0.15) is 5.82 Å². The molecule has 0 bridgehead atoms. The minimum atomic E-state index is -2.89. The smallest absolute Gasteiger partial charge is 0.153 e. The van der Waals surface area contributed by atoms with Crippen molar-refractivity contribution in [2.24, 2.45) is 0 Å². The van der Waals surface area contributed by atoms with E-state index in [0.717, 1.165) is 11.6 Å². The molecule has 112 valence electrons. The van der Waals surface area contributed by atoms with Crippen LogP contribution in [0.4, 0.5) is 0 Å². The highest BCUT2D eigenvalue weighted by Gasteiger charge is 2.26. The van der Waals surface area contributed by atoms with Gasteiger partial charge in [-0.15, -0.1) is 0 Å². The first-order chi connectivity index (χ1) is 9.62. The summed E-state index contributed by atoms with van der Waals surface area (Å²) in [4.78, 5) is 4.57. The number of hydrogen-bond acceptors (Lipinski definition) is 5. The zero-order chi connectivity index (χ0) is 14.0. The van der Waals surface area contributed by atoms with Gasteiger partial charge in [0, 0.05) is 24.9 Å². The molecule has 2 heterocycles. The number of rotatable bonds is 3. The zero-order valence-corrected chi connectivity index (χ0v) is 12.5. The van der Waals surface area contributed by atoms with Crippen LogP contribution in [-0.4, -0.2) is 47.7 Å². The van der Waals surface area contributed by atoms with Gasteiger partial charge >= 0.3 is 0 Å². The number of sulfone groups is 1. The lowest BCUT2D eigenvalue weighted by molar-refractivity contribution is 0.429. The Morgan fingerprint density at radius 3 is 2.75 bits per heavy atom. The molecule has 2 N–H and O–H groups in total. The molecule has 0 amide bonds. The lowest BCUT2D eigenvalue weighted by Crippen LogP contribution is -2.46. The maximum Gasteiger partial charge on any atom is 0.153 e. The van der Waals surface area contributed by atoms with Crippen LogP contribution < -0.4 is 5.32 Å². The quantitative estimate of drug-likeness (QED) is 0.861. The molecular weight excluding hydrogens is 276 g/mol. The molecule has 3 rings (SSSR count). The molecular formula is C13H22N4O2S. The second kappa shape index (κ2) is 5.81. The van der Waals surface area contributed by atoms with E-state index in [2.05, 4.69) is 20.5 Å². The molecule has 0 radical (unpaired) electrons. The molecule has 1 aromatic rings. The van der Waals surface area contributed by atoms with Gasteiger partial charge in [0.2, 0.25) is 0 Å². The predicted molar refractivity (Wildman–Crippen MR) is 76.4 cm³/mol. The Morgan fingerprint density at radius 2 is 2.00 bits per heavy atom. The van der Waals surface area contributed by atoms with E-state index in [1.54, 1.807) is 0 Å². The first-order valence-corrected chi connectivity index (χ1v) is 9.29. The molecule has 0 aromatic carbocycles. The third-order valence-corrected chi connectivity index (χ3v) is 6.00. The predicted octanol–water partition coefficient (Wildman–Crippen LogP) is 0.781. The Labute approximate surface area is 119 Å². The van der Waals surface area contributed by atoms with E-state index >= 15 is 0 Å². The summed E-state index contributed by atoms with van der Waals surface area (Å²) in [7, 11) is -2.89. The molecule has 2 fully saturated rings. The van der Waals surface area contributed by atoms with E-state index in [4.69, 9.17) is 0 Å². The van der Waals surface area contributed by atoms with Gasteiger partial charge in [0.15, 0.2) is 15.7 Å². The van der Waals surface area contributed by atoms with Crippen molar-refractivity contribution in [3.05, 3.63) is 11.6 Å². The summed E-state index contributed by atoms with van der Waals surface area (Å²) in [5.74, 6) is 2.65. The minimum Gasteiger partial charge on any atom is -0.312 e. The number of aromatic nitrogens is 3. The molecule has 1 unspecified atom stereocenters. The fraction of sp³-hybridized carbons (Fsp3) is 0.846. The van der Waals surface area contributed by atoms with Crippen LogP contribution in [0.25, 0.3) is 0 Å². The summed E-state index contributed by atoms with van der Waals surface area (Å²) in [6.45, 7) is 0.538. The molecule has 2 aliphatic rings. The molecule has 1 aromatic heterocycles. The van der Waals surface area contributed by atoms with Gasteiger partial charge in [-0.3, -0.25) is 5.10 Å². The van der Waals surface area contributed by atoms with Crippen molar-refractivity contribution in [2.75, 3.05) is 18.1 Å². The summed E-state index contributed by atoms with van der Waals surface area (Å²) in [5.41, 5.74) is 0. The first-order valence-electron chi connectivity index (χ1n) is 7.47. The Balaban J connectivity index is 1.62. The summed E-state index contributed by atoms with van der Waals surface area (Å²) >= 11 is 0. The van der Waals surface area contributed by atoms with Crippen molar-refractivity contribution < 1.29 is 8.42 Å². The Bertz CT molecular complexity index is 548. The third kappa shape index (κ3) is 3.38. The molecule has 6 nitrogen and oxygen atoms in total. The zero-order valence-electron chi connectivity index (χ0n) is 11.6. The highest BCUT2D eigenvalue weighted by atomic mass is 32.2. The van der Waals surface area contributed by atoms with E-state index in [1.165, 1.54) is 32.1 Å². The largest absolute Gasteiger partial charge is 0.312 e. The standard InChI is InChI=1S/C13H22N4O2S/c18-20(19)7-6-14-11(9-20)8-12-15-13(17-16-12)10-4-2-1-3-5-10/h10-11,14H,1-9H2,(H,15,16,17). The van der Waals surface area contributed by atoms with Crippen LogP contribution in [0, 0.1) is 0 Å². The lowest BCUT2D eigenvalue weighted by Gasteiger charge is -2.22. The van der Waals surface area contributed by atoms with Gasteiger partial charge in [0.05, 0.1) is 11.5 Å². The molecule has 1 saturated heterocycles. The van der Waals surface area contributed by atoms with Crippen LogP contribution in [0.15, 0.2) is 0 Å². The van der Waals surface area contributed by atoms with Crippen LogP contribution in [0.2, 0.25) is 0 Å². The number of nitrogens with one attached hydrogen (secondary N) is 2. The molecule has 1 aliphatic heterocycles. The van der Waals surface area contributed by atoms with Crippen LogP contribution in [0.5, 0.6) is 0 Å². The summed E-state index contributed by atoms with van der Waals surface area (Å²) in [6, 6.07) is -0.0408. The molecule has 7 heteroatoms. The van der Waals surface area contributed by atoms with Crippen LogP contribution in [-0.2, 0) is 16.3 Å². The minimum absolute atomic E-state index is 0.0408. The monoisotopic (exact) mass is 298 g/mol. The Morgan fingerprint density at radius 1 is 1.20 bits per heavy atom. The fourth-order valence-electron chi connectivity index (χ4n) is 3.18. The SMILES string of the molecule is O=S1(=O)CCNC(Cc2nc(C3CCCCC3)n[nH]2)C1. The Hall–Kier alpha value is -0.950. The van der Waals surface area contributed by atoms with Gasteiger partial charge in [-0.25, -0.2) is 13.4 Å². The topological polar surface area (TPSA) is 87.7 Å². The van der Waals surface area contributed by atoms with E-state index in [9.17, 15) is 8.42 Å². The number of H-pyrrole nitrogens is 1. The van der Waals surface area contributed by atoms with Crippen LogP contribution >= 0.6 is 0 Å². The average molecular weight is 298 g/mol. The number of aromatic amines is 1. The van der Waals surface area contributed by atoms with E-state index < -0.39 is 9.84 Å². The maximum absolute atomic E-state index is 11.6. The van der Waals surface area contributed by atoms with Gasteiger partial charge in [-0.1, -0.05) is 19.3 Å². The highest BCUT2D eigenvalue weighted by molar-refractivity contribution is 7.91. The maximum atomic E-state index is 11.6. The summed E-state index contributed by atoms with van der Waals surface area (Å²) in [6.07, 6.45) is 6.80. The first kappa shape index (κ1) is 14.0. The second-order valence-electron chi connectivity index (χ2n) is 5.94. The Kier molecular flexibility index (Phi) is 4.07. The van der Waals surface area contributed by atoms with Gasteiger partial charge < -0.3 is 5.32 Å². The van der Waals surface area contributed by atoms with Crippen molar-refractivity contribution >= 4 is 9.84 Å². The third-order valence-electron chi connectivity index (χ3n) is 4.26. The van der Waals surface area contributed by atoms with Crippen molar-refractivity contribution in [3.8, 4) is 0 Å². The van der Waals surface area contributed by atoms with Gasteiger partial charge in [0.25, 0.3) is 0 Å². The van der Waals surface area contributed by atoms with E-state index in [0.29, 0.717) is 18.9 Å². The van der Waals surface area contributed by atoms with Crippen molar-refractivity contribution in [1.82, 2.24) is 20.5 Å². The van der Waals surface area contributed by atoms with Crippen LogP contribution in [0.3, 0.4) is 0 Å². The lowest BCUT2D eigenvalue weighted by atomic mass is 9.89. The molecule has 20 heavy (non-hydrogen) atoms. The number of nitrogens with zero attached hydrogens (tertiary/aromatic N) is 2. The summed E-state index contributed by atoms with van der Waals surface area (Å²) < 4.78 is 23.2. The molecule has 1 aliphatic carbocycles. The number of hydrogen-bond donors (Lipinski definition) is 2. The highest BCUT2D eigenvalue weighted by Crippen LogP contribution is 2.30. The summed E-state index contributed by atoms with van der Waals surface area (Å²) in [5, 5.41) is 10.6. The molecule has 1 saturated carbocycles. The fourth-order valence-corrected chi connectivity index (χ4v) is 4.62.